The summed E-state index contributed by atoms with van der Waals surface area (Å²) in [7, 11) is -3.59. The van der Waals surface area contributed by atoms with Gasteiger partial charge in [0.05, 0.1) is 4.90 Å². The predicted octanol–water partition coefficient (Wildman–Crippen LogP) is 2.99. The van der Waals surface area contributed by atoms with Gasteiger partial charge in [0, 0.05) is 24.8 Å². The molecule has 1 heterocycles. The Balaban J connectivity index is 1.56. The van der Waals surface area contributed by atoms with E-state index >= 15 is 0 Å². The monoisotopic (exact) mass is 443 g/mol. The van der Waals surface area contributed by atoms with Crippen LogP contribution in [0.4, 0.5) is 5.69 Å². The third-order valence-electron chi connectivity index (χ3n) is 5.52. The summed E-state index contributed by atoms with van der Waals surface area (Å²) in [5.74, 6) is -1.46. The fourth-order valence-electron chi connectivity index (χ4n) is 3.87. The third-order valence-corrected chi connectivity index (χ3v) is 7.49. The van der Waals surface area contributed by atoms with E-state index in [1.807, 2.05) is 26.0 Å². The molecule has 1 fully saturated rings. The number of nitrogens with zero attached hydrogens (tertiary/aromatic N) is 1. The first-order chi connectivity index (χ1) is 14.8. The number of hydrogen-bond donors (Lipinski definition) is 2. The average molecular weight is 444 g/mol. The highest BCUT2D eigenvalue weighted by molar-refractivity contribution is 7.89. The molecule has 3 rings (SSSR count). The molecule has 1 aliphatic rings. The Morgan fingerprint density at radius 1 is 1.03 bits per heavy atom. The molecule has 0 radical (unpaired) electrons. The fourth-order valence-corrected chi connectivity index (χ4v) is 5.62. The zero-order chi connectivity index (χ0) is 22.4. The minimum atomic E-state index is -3.59. The summed E-state index contributed by atoms with van der Waals surface area (Å²) in [5, 5.41) is 5.24. The number of rotatable bonds is 6. The minimum absolute atomic E-state index is 0.207. The van der Waals surface area contributed by atoms with Gasteiger partial charge in [-0.3, -0.25) is 9.59 Å². The highest BCUT2D eigenvalue weighted by atomic mass is 32.2. The molecule has 1 saturated heterocycles. The van der Waals surface area contributed by atoms with Crippen LogP contribution in [0, 0.1) is 13.8 Å². The number of sulfonamides is 1. The van der Waals surface area contributed by atoms with Crippen molar-refractivity contribution in [2.45, 2.75) is 50.5 Å². The van der Waals surface area contributed by atoms with Gasteiger partial charge >= 0.3 is 11.8 Å². The first-order valence-corrected chi connectivity index (χ1v) is 12.0. The van der Waals surface area contributed by atoms with Crippen LogP contribution < -0.4 is 10.6 Å². The van der Waals surface area contributed by atoms with Gasteiger partial charge in [0.2, 0.25) is 10.0 Å². The minimum Gasteiger partial charge on any atom is -0.348 e. The molecule has 0 aliphatic carbocycles. The van der Waals surface area contributed by atoms with Crippen molar-refractivity contribution >= 4 is 27.5 Å². The van der Waals surface area contributed by atoms with Crippen LogP contribution in [0.2, 0.25) is 0 Å². The summed E-state index contributed by atoms with van der Waals surface area (Å²) in [6, 6.07) is 13.8. The Labute approximate surface area is 183 Å². The van der Waals surface area contributed by atoms with Gasteiger partial charge in [-0.1, -0.05) is 42.3 Å². The van der Waals surface area contributed by atoms with Crippen LogP contribution in [0.15, 0.2) is 53.4 Å². The van der Waals surface area contributed by atoms with Crippen LogP contribution >= 0.6 is 0 Å². The number of aryl methyl sites for hydroxylation is 2. The molecule has 1 aliphatic heterocycles. The maximum absolute atomic E-state index is 13.0. The SMILES string of the molecule is Cc1ccc(NC(=O)C(=O)NCC[C@H]2CCCCN2S(=O)(=O)c2ccccc2)c(C)c1. The number of anilines is 1. The third kappa shape index (κ3) is 5.71. The second-order valence-corrected chi connectivity index (χ2v) is 9.79. The van der Waals surface area contributed by atoms with Crippen molar-refractivity contribution in [3.05, 3.63) is 59.7 Å². The molecule has 0 aromatic heterocycles. The second kappa shape index (κ2) is 10.1. The Bertz CT molecular complexity index is 1040. The highest BCUT2D eigenvalue weighted by Gasteiger charge is 2.33. The summed E-state index contributed by atoms with van der Waals surface area (Å²) in [5.41, 5.74) is 2.55. The molecule has 8 heteroatoms. The van der Waals surface area contributed by atoms with E-state index in [9.17, 15) is 18.0 Å². The van der Waals surface area contributed by atoms with E-state index in [-0.39, 0.29) is 17.5 Å². The molecule has 0 unspecified atom stereocenters. The van der Waals surface area contributed by atoms with Crippen molar-refractivity contribution in [2.24, 2.45) is 0 Å². The molecule has 166 valence electrons. The van der Waals surface area contributed by atoms with E-state index in [1.54, 1.807) is 36.4 Å². The lowest BCUT2D eigenvalue weighted by Crippen LogP contribution is -2.45. The van der Waals surface area contributed by atoms with E-state index in [0.29, 0.717) is 18.7 Å². The number of piperidine rings is 1. The molecule has 0 bridgehead atoms. The maximum atomic E-state index is 13.0. The van der Waals surface area contributed by atoms with Crippen LogP contribution in [0.5, 0.6) is 0 Å². The Morgan fingerprint density at radius 2 is 1.77 bits per heavy atom. The van der Waals surface area contributed by atoms with Gasteiger partial charge in [-0.25, -0.2) is 8.42 Å². The summed E-state index contributed by atoms with van der Waals surface area (Å²) in [6.45, 7) is 4.51. The second-order valence-electron chi connectivity index (χ2n) is 7.90. The van der Waals surface area contributed by atoms with E-state index in [0.717, 1.165) is 30.4 Å². The molecule has 31 heavy (non-hydrogen) atoms. The van der Waals surface area contributed by atoms with Crippen molar-refractivity contribution < 1.29 is 18.0 Å². The number of nitrogens with one attached hydrogen (secondary N) is 2. The van der Waals surface area contributed by atoms with E-state index in [4.69, 9.17) is 0 Å². The Kier molecular flexibility index (Phi) is 7.46. The van der Waals surface area contributed by atoms with Gasteiger partial charge < -0.3 is 10.6 Å². The molecule has 2 amide bonds. The number of benzene rings is 2. The van der Waals surface area contributed by atoms with Crippen molar-refractivity contribution in [3.63, 3.8) is 0 Å². The van der Waals surface area contributed by atoms with E-state index < -0.39 is 21.8 Å². The molecule has 0 spiro atoms. The predicted molar refractivity (Wildman–Crippen MR) is 120 cm³/mol. The molecule has 0 saturated carbocycles. The van der Waals surface area contributed by atoms with Gasteiger partial charge in [-0.05, 0) is 56.9 Å². The summed E-state index contributed by atoms with van der Waals surface area (Å²) in [4.78, 5) is 24.7. The molecule has 2 aromatic rings. The van der Waals surface area contributed by atoms with Crippen molar-refractivity contribution in [2.75, 3.05) is 18.4 Å². The van der Waals surface area contributed by atoms with Crippen molar-refractivity contribution in [1.29, 1.82) is 0 Å². The maximum Gasteiger partial charge on any atom is 0.313 e. The van der Waals surface area contributed by atoms with Crippen LogP contribution in [0.3, 0.4) is 0 Å². The van der Waals surface area contributed by atoms with Crippen LogP contribution in [0.1, 0.15) is 36.8 Å². The molecular weight excluding hydrogens is 414 g/mol. The standard InChI is InChI=1S/C23H29N3O4S/c1-17-11-12-21(18(2)16-17)25-23(28)22(27)24-14-13-19-8-6-7-15-26(19)31(29,30)20-9-4-3-5-10-20/h3-5,9-12,16,19H,6-8,13-15H2,1-2H3,(H,24,27)(H,25,28)/t19-/m1/s1. The normalized spacial score (nSPS) is 17.2. The van der Waals surface area contributed by atoms with Gasteiger partial charge in [-0.15, -0.1) is 0 Å². The van der Waals surface area contributed by atoms with Crippen molar-refractivity contribution in [3.8, 4) is 0 Å². The summed E-state index contributed by atoms with van der Waals surface area (Å²) < 4.78 is 27.6. The lowest BCUT2D eigenvalue weighted by molar-refractivity contribution is -0.136. The van der Waals surface area contributed by atoms with Crippen LogP contribution in [0.25, 0.3) is 0 Å². The number of hydrogen-bond acceptors (Lipinski definition) is 4. The molecule has 2 N–H and O–H groups in total. The molecule has 2 aromatic carbocycles. The first kappa shape index (κ1) is 23.0. The number of carbonyl (C=O) groups excluding carboxylic acids is 2. The van der Waals surface area contributed by atoms with Crippen LogP contribution in [-0.2, 0) is 19.6 Å². The smallest absolute Gasteiger partial charge is 0.313 e. The van der Waals surface area contributed by atoms with E-state index in [1.165, 1.54) is 4.31 Å². The Hall–Kier alpha value is -2.71. The van der Waals surface area contributed by atoms with E-state index in [2.05, 4.69) is 10.6 Å². The first-order valence-electron chi connectivity index (χ1n) is 10.5. The molecule has 7 nitrogen and oxygen atoms in total. The van der Waals surface area contributed by atoms with Gasteiger partial charge in [0.1, 0.15) is 0 Å². The fraction of sp³-hybridized carbons (Fsp3) is 0.391. The lowest BCUT2D eigenvalue weighted by Gasteiger charge is -2.34. The van der Waals surface area contributed by atoms with Gasteiger partial charge in [0.15, 0.2) is 0 Å². The zero-order valence-electron chi connectivity index (χ0n) is 17.9. The van der Waals surface area contributed by atoms with Crippen LogP contribution in [-0.4, -0.2) is 43.7 Å². The quantitative estimate of drug-likeness (QED) is 0.671. The Morgan fingerprint density at radius 3 is 2.48 bits per heavy atom. The highest BCUT2D eigenvalue weighted by Crippen LogP contribution is 2.26. The largest absolute Gasteiger partial charge is 0.348 e. The zero-order valence-corrected chi connectivity index (χ0v) is 18.7. The summed E-state index contributed by atoms with van der Waals surface area (Å²) >= 11 is 0. The average Bonchev–Trinajstić information content (AvgIpc) is 2.76. The number of carbonyl (C=O) groups is 2. The lowest BCUT2D eigenvalue weighted by atomic mass is 10.0. The topological polar surface area (TPSA) is 95.6 Å². The number of amides is 2. The summed E-state index contributed by atoms with van der Waals surface area (Å²) in [6.07, 6.45) is 2.94. The molecule has 1 atom stereocenters. The van der Waals surface area contributed by atoms with Gasteiger partial charge in [0.25, 0.3) is 0 Å². The van der Waals surface area contributed by atoms with Gasteiger partial charge in [-0.2, -0.15) is 4.31 Å². The molecular formula is C23H29N3O4S. The van der Waals surface area contributed by atoms with Crippen molar-refractivity contribution in [1.82, 2.24) is 9.62 Å².